The first kappa shape index (κ1) is 20.7. The van der Waals surface area contributed by atoms with Crippen LogP contribution in [-0.4, -0.2) is 46.4 Å². The van der Waals surface area contributed by atoms with Crippen molar-refractivity contribution in [2.24, 2.45) is 0 Å². The average Bonchev–Trinajstić information content (AvgIpc) is 2.67. The molecule has 0 radical (unpaired) electrons. The van der Waals surface area contributed by atoms with Gasteiger partial charge in [-0.05, 0) is 48.9 Å². The van der Waals surface area contributed by atoms with Crippen molar-refractivity contribution in [3.63, 3.8) is 0 Å². The maximum atomic E-state index is 12.6. The summed E-state index contributed by atoms with van der Waals surface area (Å²) >= 11 is 0. The summed E-state index contributed by atoms with van der Waals surface area (Å²) in [6, 6.07) is 13.1. The Labute approximate surface area is 160 Å². The Morgan fingerprint density at radius 2 is 1.48 bits per heavy atom. The molecule has 0 aliphatic carbocycles. The van der Waals surface area contributed by atoms with Crippen LogP contribution in [-0.2, 0) is 14.8 Å². The summed E-state index contributed by atoms with van der Waals surface area (Å²) in [4.78, 5) is 12.4. The number of nitrogens with one attached hydrogen (secondary N) is 1. The summed E-state index contributed by atoms with van der Waals surface area (Å²) in [6.07, 6.45) is 0. The minimum absolute atomic E-state index is 0.0989. The lowest BCUT2D eigenvalue weighted by molar-refractivity contribution is -0.121. The van der Waals surface area contributed by atoms with Crippen molar-refractivity contribution < 1.29 is 22.7 Å². The topological polar surface area (TPSA) is 84.9 Å². The first-order valence-corrected chi connectivity index (χ1v) is 9.75. The summed E-state index contributed by atoms with van der Waals surface area (Å²) in [5.41, 5.74) is 0.893. The molecule has 1 atom stereocenters. The lowest BCUT2D eigenvalue weighted by atomic mass is 10.1. The quantitative estimate of drug-likeness (QED) is 0.744. The van der Waals surface area contributed by atoms with E-state index in [0.29, 0.717) is 5.75 Å². The van der Waals surface area contributed by atoms with Crippen LogP contribution in [0.5, 0.6) is 11.5 Å². The number of carbonyl (C=O) groups excluding carboxylic acids is 1. The number of sulfonamides is 1. The molecule has 1 unspecified atom stereocenters. The molecule has 2 aromatic rings. The van der Waals surface area contributed by atoms with Crippen molar-refractivity contribution in [2.45, 2.75) is 17.9 Å². The van der Waals surface area contributed by atoms with E-state index in [-0.39, 0.29) is 17.5 Å². The average molecular weight is 392 g/mol. The van der Waals surface area contributed by atoms with Gasteiger partial charge in [0.15, 0.2) is 0 Å². The summed E-state index contributed by atoms with van der Waals surface area (Å²) < 4.78 is 36.3. The Hall–Kier alpha value is -2.58. The number of ether oxygens (including phenoxy) is 2. The molecule has 7 nitrogen and oxygen atoms in total. The number of carbonyl (C=O) groups is 1. The van der Waals surface area contributed by atoms with Gasteiger partial charge in [-0.25, -0.2) is 8.42 Å². The summed E-state index contributed by atoms with van der Waals surface area (Å²) in [7, 11) is 0.691. The Morgan fingerprint density at radius 1 is 1.00 bits per heavy atom. The van der Waals surface area contributed by atoms with Gasteiger partial charge in [-0.1, -0.05) is 12.1 Å². The highest BCUT2D eigenvalue weighted by molar-refractivity contribution is 7.89. The third-order valence-electron chi connectivity index (χ3n) is 4.13. The lowest BCUT2D eigenvalue weighted by Crippen LogP contribution is -2.39. The third-order valence-corrected chi connectivity index (χ3v) is 5.94. The number of nitrogens with zero attached hydrogens (tertiary/aromatic N) is 1. The van der Waals surface area contributed by atoms with Gasteiger partial charge in [0, 0.05) is 7.05 Å². The van der Waals surface area contributed by atoms with E-state index in [2.05, 4.69) is 5.32 Å². The van der Waals surface area contributed by atoms with Crippen molar-refractivity contribution in [1.82, 2.24) is 9.62 Å². The predicted molar refractivity (Wildman–Crippen MR) is 102 cm³/mol. The largest absolute Gasteiger partial charge is 0.497 e. The van der Waals surface area contributed by atoms with E-state index in [0.717, 1.165) is 15.6 Å². The van der Waals surface area contributed by atoms with Crippen LogP contribution in [0.1, 0.15) is 18.5 Å². The normalized spacial score (nSPS) is 12.5. The number of likely N-dealkylation sites (N-methyl/N-ethyl adjacent to an activating group) is 1. The summed E-state index contributed by atoms with van der Waals surface area (Å²) in [6.45, 7) is 1.55. The molecule has 1 N–H and O–H groups in total. The highest BCUT2D eigenvalue weighted by atomic mass is 32.2. The van der Waals surface area contributed by atoms with Crippen LogP contribution in [0.15, 0.2) is 53.4 Å². The predicted octanol–water partition coefficient (Wildman–Crippen LogP) is 2.20. The zero-order chi connectivity index (χ0) is 20.0. The molecule has 2 aromatic carbocycles. The van der Waals surface area contributed by atoms with Gasteiger partial charge in [0.25, 0.3) is 0 Å². The van der Waals surface area contributed by atoms with Gasteiger partial charge in [0.05, 0.1) is 31.7 Å². The monoisotopic (exact) mass is 392 g/mol. The fourth-order valence-electron chi connectivity index (χ4n) is 2.48. The molecule has 0 aromatic heterocycles. The first-order valence-electron chi connectivity index (χ1n) is 8.31. The van der Waals surface area contributed by atoms with E-state index >= 15 is 0 Å². The van der Waals surface area contributed by atoms with E-state index in [1.54, 1.807) is 31.4 Å². The Morgan fingerprint density at radius 3 is 1.96 bits per heavy atom. The van der Waals surface area contributed by atoms with Gasteiger partial charge in [-0.2, -0.15) is 4.31 Å². The second-order valence-electron chi connectivity index (χ2n) is 6.00. The number of hydrogen-bond donors (Lipinski definition) is 1. The van der Waals surface area contributed by atoms with Crippen molar-refractivity contribution in [3.05, 3.63) is 54.1 Å². The van der Waals surface area contributed by atoms with Gasteiger partial charge in [-0.15, -0.1) is 0 Å². The molecule has 0 bridgehead atoms. The van der Waals surface area contributed by atoms with Crippen LogP contribution in [0.25, 0.3) is 0 Å². The first-order chi connectivity index (χ1) is 12.8. The summed E-state index contributed by atoms with van der Waals surface area (Å²) in [5.74, 6) is 0.892. The minimum atomic E-state index is -3.77. The smallest absolute Gasteiger partial charge is 0.243 e. The van der Waals surface area contributed by atoms with Crippen molar-refractivity contribution in [3.8, 4) is 11.5 Å². The molecule has 146 valence electrons. The van der Waals surface area contributed by atoms with E-state index in [1.165, 1.54) is 26.3 Å². The van der Waals surface area contributed by atoms with Crippen molar-refractivity contribution in [1.29, 1.82) is 0 Å². The molecule has 0 fully saturated rings. The minimum Gasteiger partial charge on any atom is -0.497 e. The van der Waals surface area contributed by atoms with Crippen LogP contribution in [0.4, 0.5) is 0 Å². The number of methoxy groups -OCH3 is 2. The van der Waals surface area contributed by atoms with Crippen molar-refractivity contribution >= 4 is 15.9 Å². The highest BCUT2D eigenvalue weighted by Crippen LogP contribution is 2.19. The van der Waals surface area contributed by atoms with Crippen LogP contribution < -0.4 is 14.8 Å². The van der Waals surface area contributed by atoms with E-state index in [1.807, 2.05) is 19.1 Å². The van der Waals surface area contributed by atoms with Gasteiger partial charge in [0.2, 0.25) is 15.9 Å². The molecule has 27 heavy (non-hydrogen) atoms. The van der Waals surface area contributed by atoms with Crippen LogP contribution in [0.2, 0.25) is 0 Å². The number of hydrogen-bond acceptors (Lipinski definition) is 5. The second-order valence-corrected chi connectivity index (χ2v) is 8.04. The van der Waals surface area contributed by atoms with Gasteiger partial charge < -0.3 is 14.8 Å². The maximum Gasteiger partial charge on any atom is 0.243 e. The molecule has 0 heterocycles. The molecule has 1 amide bonds. The number of amides is 1. The molecule has 0 spiro atoms. The number of rotatable bonds is 8. The van der Waals surface area contributed by atoms with Crippen molar-refractivity contribution in [2.75, 3.05) is 27.8 Å². The molecule has 0 saturated heterocycles. The van der Waals surface area contributed by atoms with Crippen LogP contribution >= 0.6 is 0 Å². The van der Waals surface area contributed by atoms with Gasteiger partial charge in [0.1, 0.15) is 11.5 Å². The third kappa shape index (κ3) is 5.21. The standard InChI is InChI=1S/C19H24N2O5S/c1-14(15-5-7-16(25-3)8-6-15)20-19(22)13-21(2)27(23,24)18-11-9-17(26-4)10-12-18/h5-12,14H,13H2,1-4H3,(H,20,22). The zero-order valence-electron chi connectivity index (χ0n) is 15.8. The van der Waals surface area contributed by atoms with Crippen LogP contribution in [0, 0.1) is 0 Å². The van der Waals surface area contributed by atoms with Gasteiger partial charge >= 0.3 is 0 Å². The SMILES string of the molecule is COc1ccc(C(C)NC(=O)CN(C)S(=O)(=O)c2ccc(OC)cc2)cc1. The molecule has 0 aliphatic heterocycles. The fraction of sp³-hybridized carbons (Fsp3) is 0.316. The molecule has 0 saturated carbocycles. The molecular weight excluding hydrogens is 368 g/mol. The Kier molecular flexibility index (Phi) is 6.81. The lowest BCUT2D eigenvalue weighted by Gasteiger charge is -2.19. The van der Waals surface area contributed by atoms with E-state index in [4.69, 9.17) is 9.47 Å². The van der Waals surface area contributed by atoms with Gasteiger partial charge in [-0.3, -0.25) is 4.79 Å². The van der Waals surface area contributed by atoms with E-state index < -0.39 is 15.9 Å². The van der Waals surface area contributed by atoms with E-state index in [9.17, 15) is 13.2 Å². The maximum absolute atomic E-state index is 12.6. The number of benzene rings is 2. The van der Waals surface area contributed by atoms with Crippen LogP contribution in [0.3, 0.4) is 0 Å². The Balaban J connectivity index is 2.00. The second kappa shape index (κ2) is 8.88. The highest BCUT2D eigenvalue weighted by Gasteiger charge is 2.23. The molecular formula is C19H24N2O5S. The fourth-order valence-corrected chi connectivity index (χ4v) is 3.61. The summed E-state index contributed by atoms with van der Waals surface area (Å²) in [5, 5.41) is 2.80. The molecule has 0 aliphatic rings. The molecule has 2 rings (SSSR count). The Bertz CT molecular complexity index is 864. The zero-order valence-corrected chi connectivity index (χ0v) is 16.6. The molecule has 8 heteroatoms.